The Kier molecular flexibility index (Phi) is 6.40. The summed E-state index contributed by atoms with van der Waals surface area (Å²) in [6.45, 7) is 1.92. The molecule has 1 aliphatic heterocycles. The van der Waals surface area contributed by atoms with Crippen molar-refractivity contribution in [2.75, 3.05) is 25.5 Å². The van der Waals surface area contributed by atoms with E-state index in [2.05, 4.69) is 23.3 Å². The number of para-hydroxylation sites is 1. The number of rotatable bonds is 5. The predicted octanol–water partition coefficient (Wildman–Crippen LogP) is 4.91. The van der Waals surface area contributed by atoms with Crippen molar-refractivity contribution in [3.05, 3.63) is 59.1 Å². The van der Waals surface area contributed by atoms with Gasteiger partial charge in [-0.1, -0.05) is 35.9 Å². The number of carbonyl (C=O) groups excluding carboxylic acids is 1. The van der Waals surface area contributed by atoms with E-state index in [0.29, 0.717) is 0 Å². The average molecular weight is 375 g/mol. The third-order valence-corrected chi connectivity index (χ3v) is 5.84. The number of nitrogens with one attached hydrogen (secondary N) is 1. The molecule has 3 rings (SSSR count). The van der Waals surface area contributed by atoms with Crippen LogP contribution in [-0.4, -0.2) is 30.9 Å². The number of carbonyl (C=O) groups is 1. The Morgan fingerprint density at radius 1 is 1.24 bits per heavy atom. The zero-order chi connectivity index (χ0) is 17.6. The summed E-state index contributed by atoms with van der Waals surface area (Å²) in [5, 5.41) is 3.89. The zero-order valence-electron chi connectivity index (χ0n) is 14.4. The highest BCUT2D eigenvalue weighted by atomic mass is 35.5. The molecule has 5 heteroatoms. The monoisotopic (exact) mass is 374 g/mol. The summed E-state index contributed by atoms with van der Waals surface area (Å²) in [5.41, 5.74) is 2.11. The van der Waals surface area contributed by atoms with Crippen molar-refractivity contribution in [2.45, 2.75) is 23.5 Å². The van der Waals surface area contributed by atoms with E-state index >= 15 is 0 Å². The highest BCUT2D eigenvalue weighted by molar-refractivity contribution is 7.98. The predicted molar refractivity (Wildman–Crippen MR) is 106 cm³/mol. The van der Waals surface area contributed by atoms with Gasteiger partial charge in [0.15, 0.2) is 0 Å². The molecular formula is C20H23ClN2OS. The average Bonchev–Trinajstić information content (AvgIpc) is 2.62. The quantitative estimate of drug-likeness (QED) is 0.754. The minimum atomic E-state index is 0.0769. The molecule has 1 fully saturated rings. The standard InChI is InChI=1S/C20H23ClN2OS/c1-23-12-4-5-16(13-23)20(24)22-18-6-2-3-7-19(18)25-14-15-8-10-17(21)11-9-15/h2-3,6-11,16H,4-5,12-14H2,1H3,(H,22,24)/t16-/m0/s1. The van der Waals surface area contributed by atoms with E-state index in [-0.39, 0.29) is 11.8 Å². The number of amides is 1. The van der Waals surface area contributed by atoms with Gasteiger partial charge in [0, 0.05) is 22.2 Å². The van der Waals surface area contributed by atoms with E-state index in [9.17, 15) is 4.79 Å². The second-order valence-corrected chi connectivity index (χ2v) is 7.96. The van der Waals surface area contributed by atoms with Gasteiger partial charge >= 0.3 is 0 Å². The lowest BCUT2D eigenvalue weighted by Crippen LogP contribution is -2.38. The third kappa shape index (κ3) is 5.24. The highest BCUT2D eigenvalue weighted by Crippen LogP contribution is 2.31. The molecule has 0 spiro atoms. The van der Waals surface area contributed by atoms with E-state index in [0.717, 1.165) is 47.3 Å². The summed E-state index contributed by atoms with van der Waals surface area (Å²) < 4.78 is 0. The molecular weight excluding hydrogens is 352 g/mol. The van der Waals surface area contributed by atoms with E-state index in [1.165, 1.54) is 5.56 Å². The van der Waals surface area contributed by atoms with Crippen LogP contribution in [0, 0.1) is 5.92 Å². The van der Waals surface area contributed by atoms with Crippen molar-refractivity contribution < 1.29 is 4.79 Å². The molecule has 0 saturated carbocycles. The minimum absolute atomic E-state index is 0.0769. The van der Waals surface area contributed by atoms with Crippen LogP contribution in [0.3, 0.4) is 0 Å². The second kappa shape index (κ2) is 8.75. The van der Waals surface area contributed by atoms with Crippen molar-refractivity contribution >= 4 is 35.0 Å². The molecule has 0 aromatic heterocycles. The number of likely N-dealkylation sites (tertiary alicyclic amines) is 1. The highest BCUT2D eigenvalue weighted by Gasteiger charge is 2.24. The number of nitrogens with zero attached hydrogens (tertiary/aromatic N) is 1. The summed E-state index contributed by atoms with van der Waals surface area (Å²) in [4.78, 5) is 15.9. The van der Waals surface area contributed by atoms with Crippen molar-refractivity contribution in [1.29, 1.82) is 0 Å². The van der Waals surface area contributed by atoms with Gasteiger partial charge in [-0.25, -0.2) is 0 Å². The Morgan fingerprint density at radius 3 is 2.76 bits per heavy atom. The number of halogens is 1. The first-order valence-corrected chi connectivity index (χ1v) is 9.94. The van der Waals surface area contributed by atoms with Crippen LogP contribution >= 0.6 is 23.4 Å². The first-order valence-electron chi connectivity index (χ1n) is 8.57. The second-order valence-electron chi connectivity index (χ2n) is 6.50. The van der Waals surface area contributed by atoms with E-state index in [1.54, 1.807) is 11.8 Å². The fraction of sp³-hybridized carbons (Fsp3) is 0.350. The normalized spacial score (nSPS) is 18.1. The van der Waals surface area contributed by atoms with Crippen LogP contribution in [0.15, 0.2) is 53.4 Å². The number of thioether (sulfide) groups is 1. The Bertz CT molecular complexity index is 720. The molecule has 25 heavy (non-hydrogen) atoms. The lowest BCUT2D eigenvalue weighted by molar-refractivity contribution is -0.121. The van der Waals surface area contributed by atoms with Gasteiger partial charge in [0.2, 0.25) is 5.91 Å². The molecule has 1 saturated heterocycles. The lowest BCUT2D eigenvalue weighted by Gasteiger charge is -2.28. The topological polar surface area (TPSA) is 32.3 Å². The smallest absolute Gasteiger partial charge is 0.228 e. The first-order chi connectivity index (χ1) is 12.1. The molecule has 0 bridgehead atoms. The molecule has 3 nitrogen and oxygen atoms in total. The molecule has 1 atom stereocenters. The van der Waals surface area contributed by atoms with Crippen LogP contribution in [0.4, 0.5) is 5.69 Å². The Morgan fingerprint density at radius 2 is 2.00 bits per heavy atom. The number of hydrogen-bond acceptors (Lipinski definition) is 3. The van der Waals surface area contributed by atoms with Gasteiger partial charge in [-0.05, 0) is 56.3 Å². The van der Waals surface area contributed by atoms with Crippen molar-refractivity contribution in [2.24, 2.45) is 5.92 Å². The van der Waals surface area contributed by atoms with Gasteiger partial charge < -0.3 is 10.2 Å². The molecule has 0 radical (unpaired) electrons. The molecule has 1 aliphatic rings. The fourth-order valence-electron chi connectivity index (χ4n) is 3.05. The Hall–Kier alpha value is -1.49. The molecule has 1 N–H and O–H groups in total. The SMILES string of the molecule is CN1CCC[C@H](C(=O)Nc2ccccc2SCc2ccc(Cl)cc2)C1. The van der Waals surface area contributed by atoms with Crippen LogP contribution in [0.2, 0.25) is 5.02 Å². The Balaban J connectivity index is 1.64. The van der Waals surface area contributed by atoms with Crippen LogP contribution in [-0.2, 0) is 10.5 Å². The van der Waals surface area contributed by atoms with Gasteiger partial charge in [0.1, 0.15) is 0 Å². The minimum Gasteiger partial charge on any atom is -0.325 e. The molecule has 132 valence electrons. The summed E-state index contributed by atoms with van der Waals surface area (Å²) in [7, 11) is 2.08. The van der Waals surface area contributed by atoms with Crippen LogP contribution in [0.25, 0.3) is 0 Å². The van der Waals surface area contributed by atoms with Crippen molar-refractivity contribution in [3.63, 3.8) is 0 Å². The lowest BCUT2D eigenvalue weighted by atomic mass is 9.97. The molecule has 2 aromatic rings. The van der Waals surface area contributed by atoms with Gasteiger partial charge in [-0.3, -0.25) is 4.79 Å². The maximum atomic E-state index is 12.6. The molecule has 0 aliphatic carbocycles. The summed E-state index contributed by atoms with van der Waals surface area (Å²) >= 11 is 7.66. The molecule has 1 heterocycles. The maximum Gasteiger partial charge on any atom is 0.228 e. The molecule has 2 aromatic carbocycles. The number of benzene rings is 2. The van der Waals surface area contributed by atoms with Crippen LogP contribution in [0.1, 0.15) is 18.4 Å². The fourth-order valence-corrected chi connectivity index (χ4v) is 4.14. The van der Waals surface area contributed by atoms with E-state index in [4.69, 9.17) is 11.6 Å². The van der Waals surface area contributed by atoms with E-state index in [1.807, 2.05) is 42.5 Å². The summed E-state index contributed by atoms with van der Waals surface area (Å²) in [6.07, 6.45) is 2.05. The van der Waals surface area contributed by atoms with Gasteiger partial charge in [-0.2, -0.15) is 0 Å². The third-order valence-electron chi connectivity index (χ3n) is 4.45. The van der Waals surface area contributed by atoms with E-state index < -0.39 is 0 Å². The molecule has 0 unspecified atom stereocenters. The zero-order valence-corrected chi connectivity index (χ0v) is 15.9. The number of hydrogen-bond donors (Lipinski definition) is 1. The largest absolute Gasteiger partial charge is 0.325 e. The molecule has 1 amide bonds. The van der Waals surface area contributed by atoms with Crippen LogP contribution < -0.4 is 5.32 Å². The van der Waals surface area contributed by atoms with Gasteiger partial charge in [0.05, 0.1) is 11.6 Å². The van der Waals surface area contributed by atoms with Crippen molar-refractivity contribution in [1.82, 2.24) is 4.90 Å². The number of anilines is 1. The summed E-state index contributed by atoms with van der Waals surface area (Å²) in [6, 6.07) is 15.9. The number of piperidine rings is 1. The maximum absolute atomic E-state index is 12.6. The Labute approximate surface area is 158 Å². The summed E-state index contributed by atoms with van der Waals surface area (Å²) in [5.74, 6) is 1.05. The first kappa shape index (κ1) is 18.3. The van der Waals surface area contributed by atoms with Crippen LogP contribution in [0.5, 0.6) is 0 Å². The van der Waals surface area contributed by atoms with Gasteiger partial charge in [0.25, 0.3) is 0 Å². The van der Waals surface area contributed by atoms with Gasteiger partial charge in [-0.15, -0.1) is 11.8 Å². The van der Waals surface area contributed by atoms with Crippen molar-refractivity contribution in [3.8, 4) is 0 Å².